The van der Waals surface area contributed by atoms with Gasteiger partial charge in [0, 0.05) is 25.2 Å². The topological polar surface area (TPSA) is 69.6 Å². The molecule has 2 N–H and O–H groups in total. The molecule has 108 valence electrons. The van der Waals surface area contributed by atoms with E-state index in [1.807, 2.05) is 31.2 Å². The molecule has 2 rings (SSSR count). The lowest BCUT2D eigenvalue weighted by Crippen LogP contribution is -2.36. The van der Waals surface area contributed by atoms with Crippen molar-refractivity contribution >= 4 is 17.5 Å². The zero-order valence-corrected chi connectivity index (χ0v) is 11.8. The fraction of sp³-hybridized carbons (Fsp3) is 0.467. The lowest BCUT2D eigenvalue weighted by atomic mass is 10.1. The van der Waals surface area contributed by atoms with Crippen LogP contribution in [0.2, 0.25) is 0 Å². The normalized spacial score (nSPS) is 20.1. The fourth-order valence-corrected chi connectivity index (χ4v) is 2.25. The molecule has 5 heteroatoms. The molecule has 0 aromatic heterocycles. The Morgan fingerprint density at radius 1 is 1.45 bits per heavy atom. The van der Waals surface area contributed by atoms with Gasteiger partial charge in [-0.25, -0.2) is 0 Å². The smallest absolute Gasteiger partial charge is 0.227 e. The summed E-state index contributed by atoms with van der Waals surface area (Å²) < 4.78 is 0. The summed E-state index contributed by atoms with van der Waals surface area (Å²) in [6.45, 7) is 4.21. The quantitative estimate of drug-likeness (QED) is 0.856. The number of carbonyl (C=O) groups is 2. The minimum atomic E-state index is -0.579. The van der Waals surface area contributed by atoms with Crippen LogP contribution in [-0.4, -0.2) is 36.1 Å². The summed E-state index contributed by atoms with van der Waals surface area (Å²) in [6.07, 6.45) is -0.358. The van der Waals surface area contributed by atoms with Crippen molar-refractivity contribution in [3.8, 4) is 0 Å². The molecule has 2 atom stereocenters. The minimum Gasteiger partial charge on any atom is -0.392 e. The first-order valence-corrected chi connectivity index (χ1v) is 6.80. The van der Waals surface area contributed by atoms with E-state index in [9.17, 15) is 9.59 Å². The molecule has 1 saturated heterocycles. The van der Waals surface area contributed by atoms with Crippen LogP contribution in [0.5, 0.6) is 0 Å². The summed E-state index contributed by atoms with van der Waals surface area (Å²) in [5.41, 5.74) is 1.96. The van der Waals surface area contributed by atoms with Gasteiger partial charge in [0.15, 0.2) is 0 Å². The molecule has 1 aromatic rings. The zero-order valence-electron chi connectivity index (χ0n) is 11.8. The molecule has 0 unspecified atom stereocenters. The van der Waals surface area contributed by atoms with E-state index in [2.05, 4.69) is 5.32 Å². The van der Waals surface area contributed by atoms with Crippen molar-refractivity contribution in [3.05, 3.63) is 29.8 Å². The summed E-state index contributed by atoms with van der Waals surface area (Å²) in [7, 11) is 0. The van der Waals surface area contributed by atoms with Gasteiger partial charge < -0.3 is 15.3 Å². The number of nitrogens with zero attached hydrogens (tertiary/aromatic N) is 1. The molecule has 1 fully saturated rings. The number of hydrogen-bond acceptors (Lipinski definition) is 3. The second kappa shape index (κ2) is 6.05. The Kier molecular flexibility index (Phi) is 4.39. The molecule has 5 nitrogen and oxygen atoms in total. The van der Waals surface area contributed by atoms with Gasteiger partial charge in [0.05, 0.1) is 12.0 Å². The first-order valence-electron chi connectivity index (χ1n) is 6.80. The number of carbonyl (C=O) groups excluding carboxylic acids is 2. The molecule has 1 aromatic carbocycles. The summed E-state index contributed by atoms with van der Waals surface area (Å²) in [5, 5.41) is 11.8. The van der Waals surface area contributed by atoms with Crippen molar-refractivity contribution in [2.45, 2.75) is 26.4 Å². The molecule has 1 aliphatic rings. The molecule has 1 aliphatic heterocycles. The van der Waals surface area contributed by atoms with Crippen molar-refractivity contribution in [2.24, 2.45) is 5.92 Å². The number of aliphatic hydroxyl groups excluding tert-OH is 1. The van der Waals surface area contributed by atoms with E-state index in [-0.39, 0.29) is 30.7 Å². The van der Waals surface area contributed by atoms with Gasteiger partial charge in [-0.05, 0) is 26.0 Å². The lowest BCUT2D eigenvalue weighted by molar-refractivity contribution is -0.126. The van der Waals surface area contributed by atoms with Crippen LogP contribution >= 0.6 is 0 Å². The number of amides is 2. The third kappa shape index (κ3) is 3.36. The molecular weight excluding hydrogens is 256 g/mol. The second-order valence-electron chi connectivity index (χ2n) is 5.34. The van der Waals surface area contributed by atoms with Crippen LogP contribution in [0.15, 0.2) is 24.3 Å². The predicted octanol–water partition coefficient (Wildman–Crippen LogP) is 0.845. The summed E-state index contributed by atoms with van der Waals surface area (Å²) in [6, 6.07) is 7.68. The van der Waals surface area contributed by atoms with Crippen LogP contribution in [0.3, 0.4) is 0 Å². The van der Waals surface area contributed by atoms with Crippen molar-refractivity contribution in [2.75, 3.05) is 18.0 Å². The van der Waals surface area contributed by atoms with Crippen molar-refractivity contribution in [3.63, 3.8) is 0 Å². The Morgan fingerprint density at radius 3 is 2.70 bits per heavy atom. The number of aliphatic hydroxyl groups is 1. The highest BCUT2D eigenvalue weighted by Crippen LogP contribution is 2.25. The van der Waals surface area contributed by atoms with E-state index < -0.39 is 6.10 Å². The Bertz CT molecular complexity index is 496. The van der Waals surface area contributed by atoms with Gasteiger partial charge in [-0.3, -0.25) is 9.59 Å². The zero-order chi connectivity index (χ0) is 14.7. The largest absolute Gasteiger partial charge is 0.392 e. The van der Waals surface area contributed by atoms with Crippen LogP contribution in [0.25, 0.3) is 0 Å². The molecule has 0 spiro atoms. The van der Waals surface area contributed by atoms with E-state index in [0.717, 1.165) is 11.3 Å². The maximum absolute atomic E-state index is 12.0. The number of rotatable bonds is 4. The van der Waals surface area contributed by atoms with Gasteiger partial charge in [-0.1, -0.05) is 17.7 Å². The second-order valence-corrected chi connectivity index (χ2v) is 5.34. The fourth-order valence-electron chi connectivity index (χ4n) is 2.25. The third-order valence-electron chi connectivity index (χ3n) is 3.41. The molecule has 20 heavy (non-hydrogen) atoms. The number of benzene rings is 1. The average Bonchev–Trinajstić information content (AvgIpc) is 2.79. The van der Waals surface area contributed by atoms with Gasteiger partial charge in [0.2, 0.25) is 11.8 Å². The van der Waals surface area contributed by atoms with Crippen molar-refractivity contribution in [1.29, 1.82) is 0 Å². The van der Waals surface area contributed by atoms with Crippen LogP contribution < -0.4 is 10.2 Å². The van der Waals surface area contributed by atoms with E-state index in [4.69, 9.17) is 5.11 Å². The van der Waals surface area contributed by atoms with Gasteiger partial charge >= 0.3 is 0 Å². The van der Waals surface area contributed by atoms with E-state index in [1.54, 1.807) is 11.8 Å². The summed E-state index contributed by atoms with van der Waals surface area (Å²) in [4.78, 5) is 25.6. The molecule has 0 radical (unpaired) electrons. The summed E-state index contributed by atoms with van der Waals surface area (Å²) >= 11 is 0. The van der Waals surface area contributed by atoms with Gasteiger partial charge in [-0.2, -0.15) is 0 Å². The first kappa shape index (κ1) is 14.5. The number of anilines is 1. The highest BCUT2D eigenvalue weighted by Gasteiger charge is 2.34. The highest BCUT2D eigenvalue weighted by molar-refractivity contribution is 6.00. The Labute approximate surface area is 118 Å². The summed E-state index contributed by atoms with van der Waals surface area (Å²) in [5.74, 6) is -0.553. The predicted molar refractivity (Wildman–Crippen MR) is 76.3 cm³/mol. The van der Waals surface area contributed by atoms with E-state index in [1.165, 1.54) is 0 Å². The monoisotopic (exact) mass is 276 g/mol. The molecule has 0 bridgehead atoms. The van der Waals surface area contributed by atoms with Gasteiger partial charge in [-0.15, -0.1) is 0 Å². The van der Waals surface area contributed by atoms with Crippen LogP contribution in [0, 0.1) is 12.8 Å². The van der Waals surface area contributed by atoms with Crippen LogP contribution in [-0.2, 0) is 9.59 Å². The van der Waals surface area contributed by atoms with Gasteiger partial charge in [0.1, 0.15) is 0 Å². The minimum absolute atomic E-state index is 0.0361. The number of hydrogen-bond donors (Lipinski definition) is 2. The van der Waals surface area contributed by atoms with E-state index >= 15 is 0 Å². The number of nitrogens with one attached hydrogen (secondary N) is 1. The third-order valence-corrected chi connectivity index (χ3v) is 3.41. The lowest BCUT2D eigenvalue weighted by Gasteiger charge is -2.17. The molecular formula is C15H20N2O3. The Morgan fingerprint density at radius 2 is 2.10 bits per heavy atom. The first-order chi connectivity index (χ1) is 9.47. The molecule has 0 aliphatic carbocycles. The standard InChI is InChI=1S/C15H20N2O3/c1-10-3-5-13(6-4-10)17-9-12(7-14(17)19)15(20)16-8-11(2)18/h3-6,11-12,18H,7-9H2,1-2H3,(H,16,20)/t11-,12+/m1/s1. The maximum atomic E-state index is 12.0. The highest BCUT2D eigenvalue weighted by atomic mass is 16.3. The van der Waals surface area contributed by atoms with Crippen molar-refractivity contribution < 1.29 is 14.7 Å². The van der Waals surface area contributed by atoms with Crippen LogP contribution in [0.4, 0.5) is 5.69 Å². The number of aryl methyl sites for hydroxylation is 1. The Hall–Kier alpha value is -1.88. The van der Waals surface area contributed by atoms with E-state index in [0.29, 0.717) is 6.54 Å². The SMILES string of the molecule is Cc1ccc(N2C[C@@H](C(=O)NC[C@@H](C)O)CC2=O)cc1. The van der Waals surface area contributed by atoms with Crippen molar-refractivity contribution in [1.82, 2.24) is 5.32 Å². The molecule has 2 amide bonds. The molecule has 1 heterocycles. The van der Waals surface area contributed by atoms with Gasteiger partial charge in [0.25, 0.3) is 0 Å². The maximum Gasteiger partial charge on any atom is 0.227 e. The molecule has 0 saturated carbocycles. The Balaban J connectivity index is 2.00. The van der Waals surface area contributed by atoms with Crippen LogP contribution in [0.1, 0.15) is 18.9 Å². The average molecular weight is 276 g/mol.